The van der Waals surface area contributed by atoms with E-state index in [0.29, 0.717) is 11.6 Å². The number of likely N-dealkylation sites (N-methyl/N-ethyl adjacent to an activating group) is 2. The van der Waals surface area contributed by atoms with Crippen LogP contribution in [0.2, 0.25) is 18.1 Å². The molecule has 0 saturated carbocycles. The average molecular weight is 433 g/mol. The van der Waals surface area contributed by atoms with Crippen molar-refractivity contribution in [3.8, 4) is 5.75 Å². The van der Waals surface area contributed by atoms with E-state index >= 15 is 0 Å². The Balaban J connectivity index is 1.76. The molecule has 0 radical (unpaired) electrons. The Bertz CT molecular complexity index is 813. The Morgan fingerprint density at radius 2 is 1.80 bits per heavy atom. The summed E-state index contributed by atoms with van der Waals surface area (Å²) in [4.78, 5) is 16.6. The van der Waals surface area contributed by atoms with E-state index < -0.39 is 14.3 Å². The fourth-order valence-electron chi connectivity index (χ4n) is 4.05. The molecule has 1 aromatic carbocycles. The van der Waals surface area contributed by atoms with E-state index in [1.54, 1.807) is 0 Å². The first kappa shape index (κ1) is 23.0. The zero-order valence-electron chi connectivity index (χ0n) is 19.4. The van der Waals surface area contributed by atoms with Crippen LogP contribution in [-0.2, 0) is 9.22 Å². The number of fused-ring (bicyclic) bond motifs is 2. The summed E-state index contributed by atoms with van der Waals surface area (Å²) < 4.78 is 11.9. The third kappa shape index (κ3) is 4.64. The molecule has 1 N–H and O–H groups in total. The van der Waals surface area contributed by atoms with Gasteiger partial charge >= 0.3 is 5.97 Å². The Hall–Kier alpha value is -1.67. The van der Waals surface area contributed by atoms with Gasteiger partial charge in [0.15, 0.2) is 15.1 Å². The number of hydrogen-bond acceptors (Lipinski definition) is 5. The molecule has 6 nitrogen and oxygen atoms in total. The number of benzene rings is 1. The maximum Gasteiger partial charge on any atom is 0.333 e. The van der Waals surface area contributed by atoms with Gasteiger partial charge in [0.25, 0.3) is 0 Å². The third-order valence-electron chi connectivity index (χ3n) is 7.06. The Morgan fingerprint density at radius 3 is 2.37 bits per heavy atom. The van der Waals surface area contributed by atoms with Crippen molar-refractivity contribution >= 4 is 19.9 Å². The highest BCUT2D eigenvalue weighted by atomic mass is 28.4. The number of hydrogen-bond donors (Lipinski definition) is 1. The van der Waals surface area contributed by atoms with Gasteiger partial charge in [-0.2, -0.15) is 0 Å². The van der Waals surface area contributed by atoms with Crippen LogP contribution in [0.25, 0.3) is 5.57 Å². The highest BCUT2D eigenvalue weighted by Crippen LogP contribution is 2.38. The second kappa shape index (κ2) is 8.46. The molecule has 0 aromatic heterocycles. The number of aliphatic carboxylic acids is 1. The van der Waals surface area contributed by atoms with Crippen LogP contribution < -0.4 is 4.74 Å². The number of carbonyl (C=O) groups is 1. The molecule has 7 heteroatoms. The lowest BCUT2D eigenvalue weighted by molar-refractivity contribution is -0.134. The van der Waals surface area contributed by atoms with E-state index in [1.165, 1.54) is 0 Å². The van der Waals surface area contributed by atoms with Crippen LogP contribution in [0.1, 0.15) is 32.8 Å². The van der Waals surface area contributed by atoms with Gasteiger partial charge in [-0.1, -0.05) is 32.9 Å². The summed E-state index contributed by atoms with van der Waals surface area (Å²) >= 11 is 0. The molecule has 2 aliphatic rings. The van der Waals surface area contributed by atoms with Crippen molar-refractivity contribution < 1.29 is 19.1 Å². The van der Waals surface area contributed by atoms with E-state index in [-0.39, 0.29) is 17.9 Å². The van der Waals surface area contributed by atoms with Gasteiger partial charge in [-0.15, -0.1) is 0 Å². The predicted octanol–water partition coefficient (Wildman–Crippen LogP) is 3.90. The summed E-state index contributed by atoms with van der Waals surface area (Å²) in [5, 5.41) is 10.1. The maximum atomic E-state index is 12.1. The molecule has 2 heterocycles. The molecule has 1 aromatic rings. The minimum absolute atomic E-state index is 0.0797. The average Bonchev–Trinajstić information content (AvgIpc) is 2.62. The van der Waals surface area contributed by atoms with Gasteiger partial charge in [0.1, 0.15) is 5.75 Å². The minimum atomic E-state index is -1.85. The highest BCUT2D eigenvalue weighted by Gasteiger charge is 2.41. The molecule has 0 aliphatic carbocycles. The SMILES string of the molecule is CN1CC2CC(c3ccc(OCO[Si](C)(C)C(C)(C)C)cc3)=C(C(=O)O)C(C1)N2C. The minimum Gasteiger partial charge on any atom is -0.478 e. The van der Waals surface area contributed by atoms with Gasteiger partial charge < -0.3 is 19.2 Å². The van der Waals surface area contributed by atoms with Crippen molar-refractivity contribution in [2.75, 3.05) is 34.0 Å². The zero-order chi connectivity index (χ0) is 22.3. The highest BCUT2D eigenvalue weighted by molar-refractivity contribution is 6.74. The van der Waals surface area contributed by atoms with Crippen LogP contribution in [0.15, 0.2) is 29.8 Å². The topological polar surface area (TPSA) is 62.2 Å². The van der Waals surface area contributed by atoms with Gasteiger partial charge in [0.05, 0.1) is 11.6 Å². The van der Waals surface area contributed by atoms with Crippen LogP contribution in [-0.4, -0.2) is 75.3 Å². The lowest BCUT2D eigenvalue weighted by Crippen LogP contribution is -2.59. The molecule has 0 amide bonds. The van der Waals surface area contributed by atoms with Crippen molar-refractivity contribution in [3.05, 3.63) is 35.4 Å². The predicted molar refractivity (Wildman–Crippen MR) is 122 cm³/mol. The molecule has 2 atom stereocenters. The number of carboxylic acid groups (broad SMARTS) is 1. The summed E-state index contributed by atoms with van der Waals surface area (Å²) in [7, 11) is 2.26. The van der Waals surface area contributed by atoms with Gasteiger partial charge in [-0.05, 0) is 61.9 Å². The van der Waals surface area contributed by atoms with E-state index in [0.717, 1.165) is 36.4 Å². The molecular weight excluding hydrogens is 396 g/mol. The number of ether oxygens (including phenoxy) is 1. The monoisotopic (exact) mass is 432 g/mol. The standard InChI is InChI=1S/C23H36N2O4Si/c1-23(2,3)30(6,7)29-15-28-18-10-8-16(9-11-18)19-12-17-13-24(4)14-20(25(17)5)21(19)22(26)27/h8-11,17,20H,12-15H2,1-7H3,(H,26,27). The van der Waals surface area contributed by atoms with E-state index in [1.807, 2.05) is 31.3 Å². The molecule has 2 bridgehead atoms. The van der Waals surface area contributed by atoms with Gasteiger partial charge in [0.2, 0.25) is 0 Å². The van der Waals surface area contributed by atoms with Crippen LogP contribution in [0.5, 0.6) is 5.75 Å². The fraction of sp³-hybridized carbons (Fsp3) is 0.609. The molecule has 30 heavy (non-hydrogen) atoms. The van der Waals surface area contributed by atoms with Crippen molar-refractivity contribution in [1.82, 2.24) is 9.80 Å². The van der Waals surface area contributed by atoms with Crippen molar-refractivity contribution in [3.63, 3.8) is 0 Å². The molecule has 1 saturated heterocycles. The smallest absolute Gasteiger partial charge is 0.333 e. The summed E-state index contributed by atoms with van der Waals surface area (Å²) in [6, 6.07) is 8.04. The van der Waals surface area contributed by atoms with Crippen molar-refractivity contribution in [2.45, 2.75) is 57.4 Å². The summed E-state index contributed by atoms with van der Waals surface area (Å²) in [6.45, 7) is 12.9. The summed E-state index contributed by atoms with van der Waals surface area (Å²) in [5.74, 6) is -0.0820. The number of nitrogens with zero attached hydrogens (tertiary/aromatic N) is 2. The zero-order valence-corrected chi connectivity index (χ0v) is 20.4. The molecule has 166 valence electrons. The number of piperazine rings is 1. The van der Waals surface area contributed by atoms with Gasteiger partial charge in [-0.3, -0.25) is 4.90 Å². The molecule has 3 rings (SSSR count). The number of carboxylic acids is 1. The van der Waals surface area contributed by atoms with Crippen LogP contribution in [0.4, 0.5) is 0 Å². The molecule has 1 fully saturated rings. The Labute approximate surface area is 181 Å². The fourth-order valence-corrected chi connectivity index (χ4v) is 4.84. The maximum absolute atomic E-state index is 12.1. The van der Waals surface area contributed by atoms with Crippen LogP contribution in [0, 0.1) is 0 Å². The summed E-state index contributed by atoms with van der Waals surface area (Å²) in [5.41, 5.74) is 2.45. The van der Waals surface area contributed by atoms with E-state index in [4.69, 9.17) is 9.16 Å². The lowest BCUT2D eigenvalue weighted by atomic mass is 9.82. The summed E-state index contributed by atoms with van der Waals surface area (Å²) in [6.07, 6.45) is 0.744. The Morgan fingerprint density at radius 1 is 1.17 bits per heavy atom. The normalized spacial score (nSPS) is 23.6. The van der Waals surface area contributed by atoms with Crippen molar-refractivity contribution in [2.24, 2.45) is 0 Å². The quantitative estimate of drug-likeness (QED) is 0.543. The van der Waals surface area contributed by atoms with E-state index in [2.05, 4.69) is 50.7 Å². The molecular formula is C23H36N2O4Si. The Kier molecular flexibility index (Phi) is 6.48. The number of rotatable bonds is 6. The largest absolute Gasteiger partial charge is 0.478 e. The second-order valence-corrected chi connectivity index (χ2v) is 15.0. The van der Waals surface area contributed by atoms with E-state index in [9.17, 15) is 9.90 Å². The first-order valence-electron chi connectivity index (χ1n) is 10.6. The molecule has 2 aliphatic heterocycles. The lowest BCUT2D eigenvalue weighted by Gasteiger charge is -2.48. The molecule has 0 spiro atoms. The van der Waals surface area contributed by atoms with Gasteiger partial charge in [-0.25, -0.2) is 4.79 Å². The molecule has 2 unspecified atom stereocenters. The van der Waals surface area contributed by atoms with Crippen LogP contribution >= 0.6 is 0 Å². The second-order valence-electron chi connectivity index (χ2n) is 10.1. The first-order chi connectivity index (χ1) is 13.9. The van der Waals surface area contributed by atoms with Crippen molar-refractivity contribution in [1.29, 1.82) is 0 Å². The third-order valence-corrected chi connectivity index (χ3v) is 11.5. The van der Waals surface area contributed by atoms with Crippen LogP contribution in [0.3, 0.4) is 0 Å². The van der Waals surface area contributed by atoms with Gasteiger partial charge in [0, 0.05) is 19.1 Å². The first-order valence-corrected chi connectivity index (χ1v) is 13.6.